The second kappa shape index (κ2) is 10.0. The monoisotopic (exact) mass is 386 g/mol. The molecule has 1 aromatic rings. The van der Waals surface area contributed by atoms with Crippen LogP contribution in [0.5, 0.6) is 11.5 Å². The Kier molecular flexibility index (Phi) is 8.06. The van der Waals surface area contributed by atoms with Crippen LogP contribution in [0.3, 0.4) is 0 Å². The van der Waals surface area contributed by atoms with Crippen LogP contribution < -0.4 is 20.1 Å². The molecule has 1 aliphatic heterocycles. The molecule has 25 heavy (non-hydrogen) atoms. The normalized spacial score (nSPS) is 15.0. The lowest BCUT2D eigenvalue weighted by molar-refractivity contribution is 0.0871. The van der Waals surface area contributed by atoms with E-state index in [9.17, 15) is 0 Å². The van der Waals surface area contributed by atoms with E-state index in [4.69, 9.17) is 43.8 Å². The minimum atomic E-state index is 0.288. The molecule has 1 fully saturated rings. The molecular formula is C18H27ClN2O3S. The van der Waals surface area contributed by atoms with Crippen LogP contribution in [0, 0.1) is 0 Å². The fourth-order valence-electron chi connectivity index (χ4n) is 2.93. The van der Waals surface area contributed by atoms with Gasteiger partial charge in [0.05, 0.1) is 30.1 Å². The van der Waals surface area contributed by atoms with Gasteiger partial charge < -0.3 is 24.8 Å². The van der Waals surface area contributed by atoms with E-state index in [0.717, 1.165) is 49.6 Å². The van der Waals surface area contributed by atoms with Crippen molar-refractivity contribution >= 4 is 40.2 Å². The van der Waals surface area contributed by atoms with Crippen LogP contribution in [-0.4, -0.2) is 43.8 Å². The zero-order chi connectivity index (χ0) is 18.2. The lowest BCUT2D eigenvalue weighted by Crippen LogP contribution is -2.43. The van der Waals surface area contributed by atoms with Gasteiger partial charge in [-0.25, -0.2) is 0 Å². The number of methoxy groups -OCH3 is 1. The lowest BCUT2D eigenvalue weighted by Gasteiger charge is -2.37. The summed E-state index contributed by atoms with van der Waals surface area (Å²) < 4.78 is 16.8. The van der Waals surface area contributed by atoms with Gasteiger partial charge in [0, 0.05) is 37.3 Å². The Morgan fingerprint density at radius 2 is 2.08 bits per heavy atom. The van der Waals surface area contributed by atoms with Crippen molar-refractivity contribution < 1.29 is 14.2 Å². The van der Waals surface area contributed by atoms with Crippen molar-refractivity contribution in [3.05, 3.63) is 12.1 Å². The number of anilines is 2. The first-order chi connectivity index (χ1) is 12.1. The van der Waals surface area contributed by atoms with Crippen molar-refractivity contribution in [1.29, 1.82) is 0 Å². The van der Waals surface area contributed by atoms with Crippen LogP contribution in [0.4, 0.5) is 11.4 Å². The Morgan fingerprint density at radius 1 is 1.36 bits per heavy atom. The standard InChI is InChI=1S/C18H27ClN2O3S/c1-3-18(25)21(13-5-9-23-10-6-13)15-12-16(22-2)17(11-14(15)20)24-8-4-7-19/h11-13H,3-10,20H2,1-2H3. The fourth-order valence-corrected chi connectivity index (χ4v) is 3.29. The van der Waals surface area contributed by atoms with Crippen molar-refractivity contribution in [3.63, 3.8) is 0 Å². The number of thiocarbonyl (C=S) groups is 1. The first-order valence-electron chi connectivity index (χ1n) is 8.68. The number of benzene rings is 1. The summed E-state index contributed by atoms with van der Waals surface area (Å²) in [5.74, 6) is 1.83. The van der Waals surface area contributed by atoms with Crippen LogP contribution in [0.1, 0.15) is 32.6 Å². The van der Waals surface area contributed by atoms with Gasteiger partial charge in [-0.3, -0.25) is 0 Å². The number of hydrogen-bond donors (Lipinski definition) is 1. The van der Waals surface area contributed by atoms with Crippen molar-refractivity contribution in [1.82, 2.24) is 0 Å². The van der Waals surface area contributed by atoms with Crippen molar-refractivity contribution in [2.24, 2.45) is 0 Å². The topological polar surface area (TPSA) is 57.0 Å². The Hall–Kier alpha value is -1.24. The van der Waals surface area contributed by atoms with Gasteiger partial charge in [-0.05, 0) is 25.7 Å². The van der Waals surface area contributed by atoms with Gasteiger partial charge >= 0.3 is 0 Å². The van der Waals surface area contributed by atoms with Crippen molar-refractivity contribution in [2.45, 2.75) is 38.6 Å². The molecule has 0 atom stereocenters. The van der Waals surface area contributed by atoms with Gasteiger partial charge in [-0.15, -0.1) is 11.6 Å². The molecule has 5 nitrogen and oxygen atoms in total. The highest BCUT2D eigenvalue weighted by Crippen LogP contribution is 2.39. The van der Waals surface area contributed by atoms with E-state index in [1.165, 1.54) is 0 Å². The third-order valence-electron chi connectivity index (χ3n) is 4.24. The summed E-state index contributed by atoms with van der Waals surface area (Å²) in [6.45, 7) is 4.07. The van der Waals surface area contributed by atoms with Gasteiger partial charge in [0.1, 0.15) is 0 Å². The maximum Gasteiger partial charge on any atom is 0.163 e. The van der Waals surface area contributed by atoms with Gasteiger partial charge in [0.25, 0.3) is 0 Å². The first-order valence-corrected chi connectivity index (χ1v) is 9.62. The van der Waals surface area contributed by atoms with E-state index in [1.54, 1.807) is 7.11 Å². The third kappa shape index (κ3) is 5.12. The van der Waals surface area contributed by atoms with Gasteiger partial charge in [-0.1, -0.05) is 19.1 Å². The molecule has 1 aliphatic rings. The van der Waals surface area contributed by atoms with Gasteiger partial charge in [-0.2, -0.15) is 0 Å². The van der Waals surface area contributed by atoms with Crippen LogP contribution in [0.15, 0.2) is 12.1 Å². The van der Waals surface area contributed by atoms with Crippen LogP contribution in [-0.2, 0) is 4.74 Å². The molecule has 1 heterocycles. The number of rotatable bonds is 8. The lowest BCUT2D eigenvalue weighted by atomic mass is 10.0. The molecule has 2 N–H and O–H groups in total. The zero-order valence-electron chi connectivity index (χ0n) is 14.9. The third-order valence-corrected chi connectivity index (χ3v) is 4.99. The number of alkyl halides is 1. The predicted octanol–water partition coefficient (Wildman–Crippen LogP) is 4.01. The number of nitrogen functional groups attached to an aromatic ring is 1. The maximum absolute atomic E-state index is 6.36. The average molecular weight is 387 g/mol. The summed E-state index contributed by atoms with van der Waals surface area (Å²) in [4.78, 5) is 3.04. The van der Waals surface area contributed by atoms with Crippen molar-refractivity contribution in [3.8, 4) is 11.5 Å². The second-order valence-corrected chi connectivity index (χ2v) is 6.76. The summed E-state index contributed by atoms with van der Waals surface area (Å²) >= 11 is 11.3. The molecule has 0 aliphatic carbocycles. The molecule has 140 valence electrons. The average Bonchev–Trinajstić information content (AvgIpc) is 2.64. The summed E-state index contributed by atoms with van der Waals surface area (Å²) in [5, 5.41) is 0. The van der Waals surface area contributed by atoms with Crippen molar-refractivity contribution in [2.75, 3.05) is 43.4 Å². The second-order valence-electron chi connectivity index (χ2n) is 5.91. The Balaban J connectivity index is 2.34. The number of halogens is 1. The summed E-state index contributed by atoms with van der Waals surface area (Å²) in [5.41, 5.74) is 7.86. The minimum absolute atomic E-state index is 0.288. The highest BCUT2D eigenvalue weighted by Gasteiger charge is 2.27. The summed E-state index contributed by atoms with van der Waals surface area (Å²) in [6.07, 6.45) is 3.40. The number of ether oxygens (including phenoxy) is 3. The van der Waals surface area contributed by atoms with Gasteiger partial charge in [0.15, 0.2) is 11.5 Å². The highest BCUT2D eigenvalue weighted by molar-refractivity contribution is 7.80. The molecule has 0 unspecified atom stereocenters. The zero-order valence-corrected chi connectivity index (χ0v) is 16.5. The van der Waals surface area contributed by atoms with Crippen LogP contribution >= 0.6 is 23.8 Å². The van der Waals surface area contributed by atoms with E-state index < -0.39 is 0 Å². The first kappa shape index (κ1) is 20.1. The van der Waals surface area contributed by atoms with E-state index in [0.29, 0.717) is 29.7 Å². The largest absolute Gasteiger partial charge is 0.493 e. The molecule has 0 radical (unpaired) electrons. The molecule has 0 spiro atoms. The minimum Gasteiger partial charge on any atom is -0.493 e. The number of nitrogens with two attached hydrogens (primary N) is 1. The molecule has 0 amide bonds. The molecule has 1 saturated heterocycles. The van der Waals surface area contributed by atoms with Crippen LogP contribution in [0.25, 0.3) is 0 Å². The van der Waals surface area contributed by atoms with E-state index >= 15 is 0 Å². The number of nitrogens with zero attached hydrogens (tertiary/aromatic N) is 1. The molecule has 7 heteroatoms. The molecular weight excluding hydrogens is 360 g/mol. The Bertz CT molecular complexity index is 580. The maximum atomic E-state index is 6.36. The van der Waals surface area contributed by atoms with Gasteiger partial charge in [0.2, 0.25) is 0 Å². The quantitative estimate of drug-likeness (QED) is 0.315. The fraction of sp³-hybridized carbons (Fsp3) is 0.611. The van der Waals surface area contributed by atoms with Crippen LogP contribution in [0.2, 0.25) is 0 Å². The summed E-state index contributed by atoms with van der Waals surface area (Å²) in [7, 11) is 1.63. The smallest absolute Gasteiger partial charge is 0.163 e. The molecule has 0 bridgehead atoms. The van der Waals surface area contributed by atoms with E-state index in [2.05, 4.69) is 11.8 Å². The Labute approximate surface area is 160 Å². The summed E-state index contributed by atoms with van der Waals surface area (Å²) in [6, 6.07) is 4.02. The molecule has 0 saturated carbocycles. The molecule has 1 aromatic carbocycles. The number of hydrogen-bond acceptors (Lipinski definition) is 5. The van der Waals surface area contributed by atoms with E-state index in [-0.39, 0.29) is 6.04 Å². The molecule has 0 aromatic heterocycles. The molecule has 2 rings (SSSR count). The van der Waals surface area contributed by atoms with E-state index in [1.807, 2.05) is 12.1 Å². The SMILES string of the molecule is CCC(=S)N(c1cc(OC)c(OCCCCl)cc1N)C1CCOCC1. The Morgan fingerprint density at radius 3 is 2.68 bits per heavy atom. The highest BCUT2D eigenvalue weighted by atomic mass is 35.5. The predicted molar refractivity (Wildman–Crippen MR) is 107 cm³/mol.